The van der Waals surface area contributed by atoms with E-state index in [1.807, 2.05) is 53.8 Å². The Hall–Kier alpha value is -3.46. The number of nitrogens with zero attached hydrogens (tertiary/aromatic N) is 4. The predicted octanol–water partition coefficient (Wildman–Crippen LogP) is 3.22. The quantitative estimate of drug-likeness (QED) is 0.592. The fraction of sp³-hybridized carbons (Fsp3) is 0.417. The summed E-state index contributed by atoms with van der Waals surface area (Å²) in [6, 6.07) is 11.2. The second-order valence-electron chi connectivity index (χ2n) is 8.27. The average molecular weight is 452 g/mol. The third-order valence-corrected chi connectivity index (χ3v) is 6.17. The lowest BCUT2D eigenvalue weighted by Crippen LogP contribution is -2.40. The van der Waals surface area contributed by atoms with Crippen LogP contribution in [0, 0.1) is 13.8 Å². The Morgan fingerprint density at radius 2 is 1.91 bits per heavy atom. The Balaban J connectivity index is 1.37. The highest BCUT2D eigenvalue weighted by atomic mass is 16.5. The first-order chi connectivity index (χ1) is 16.0. The molecular weight excluding hydrogens is 422 g/mol. The van der Waals surface area contributed by atoms with E-state index < -0.39 is 6.10 Å². The van der Waals surface area contributed by atoms with Crippen LogP contribution in [-0.4, -0.2) is 51.9 Å². The lowest BCUT2D eigenvalue weighted by Gasteiger charge is -2.33. The van der Waals surface area contributed by atoms with E-state index in [0.717, 1.165) is 29.7 Å². The first-order valence-electron chi connectivity index (χ1n) is 11.1. The summed E-state index contributed by atoms with van der Waals surface area (Å²) in [6.45, 7) is 4.94. The highest BCUT2D eigenvalue weighted by Gasteiger charge is 2.28. The number of ether oxygens (including phenoxy) is 1. The van der Waals surface area contributed by atoms with Gasteiger partial charge in [-0.15, -0.1) is 0 Å². The molecule has 2 aromatic heterocycles. The summed E-state index contributed by atoms with van der Waals surface area (Å²) in [5.74, 6) is 1.14. The molecule has 9 heteroatoms. The van der Waals surface area contributed by atoms with Crippen LogP contribution in [0.1, 0.15) is 47.6 Å². The third-order valence-electron chi connectivity index (χ3n) is 6.17. The van der Waals surface area contributed by atoms with Gasteiger partial charge in [0, 0.05) is 31.8 Å². The van der Waals surface area contributed by atoms with Crippen molar-refractivity contribution in [3.8, 4) is 0 Å². The maximum absolute atomic E-state index is 12.9. The molecule has 0 spiro atoms. The van der Waals surface area contributed by atoms with Gasteiger partial charge in [-0.3, -0.25) is 9.59 Å². The molecule has 1 N–H and O–H groups in total. The number of methoxy groups -OCH3 is 1. The zero-order valence-electron chi connectivity index (χ0n) is 19.2. The van der Waals surface area contributed by atoms with Crippen LogP contribution in [0.2, 0.25) is 0 Å². The highest BCUT2D eigenvalue weighted by Crippen LogP contribution is 2.27. The topological polar surface area (TPSA) is 102 Å². The van der Waals surface area contributed by atoms with Crippen LogP contribution in [0.25, 0.3) is 0 Å². The maximum Gasteiger partial charge on any atom is 0.259 e. The molecule has 0 unspecified atom stereocenters. The van der Waals surface area contributed by atoms with Gasteiger partial charge in [0.1, 0.15) is 11.6 Å². The number of aryl methyl sites for hydroxylation is 2. The average Bonchev–Trinajstić information content (AvgIpc) is 3.42. The van der Waals surface area contributed by atoms with Crippen LogP contribution in [0.4, 0.5) is 5.82 Å². The van der Waals surface area contributed by atoms with Crippen molar-refractivity contribution < 1.29 is 18.8 Å². The molecule has 1 aliphatic heterocycles. The minimum Gasteiger partial charge on any atom is -0.367 e. The van der Waals surface area contributed by atoms with E-state index >= 15 is 0 Å². The van der Waals surface area contributed by atoms with Gasteiger partial charge < -0.3 is 19.5 Å². The third kappa shape index (κ3) is 4.98. The molecule has 0 bridgehead atoms. The molecule has 1 aromatic carbocycles. The molecule has 4 rings (SSSR count). The Kier molecular flexibility index (Phi) is 6.88. The number of carbonyl (C=O) groups excluding carboxylic acids is 2. The molecule has 174 valence electrons. The summed E-state index contributed by atoms with van der Waals surface area (Å²) in [6.07, 6.45) is 2.77. The Morgan fingerprint density at radius 3 is 2.55 bits per heavy atom. The lowest BCUT2D eigenvalue weighted by atomic mass is 10.0. The smallest absolute Gasteiger partial charge is 0.259 e. The molecule has 1 aliphatic rings. The van der Waals surface area contributed by atoms with Crippen LogP contribution < -0.4 is 5.32 Å². The highest BCUT2D eigenvalue weighted by molar-refractivity contribution is 5.94. The van der Waals surface area contributed by atoms with E-state index in [1.165, 1.54) is 7.11 Å². The van der Waals surface area contributed by atoms with Crippen molar-refractivity contribution in [3.63, 3.8) is 0 Å². The van der Waals surface area contributed by atoms with Crippen LogP contribution in [0.15, 0.2) is 47.1 Å². The van der Waals surface area contributed by atoms with Crippen LogP contribution in [0.5, 0.6) is 0 Å². The van der Waals surface area contributed by atoms with Gasteiger partial charge in [0.25, 0.3) is 5.91 Å². The van der Waals surface area contributed by atoms with Gasteiger partial charge in [-0.25, -0.2) is 4.68 Å². The van der Waals surface area contributed by atoms with Gasteiger partial charge in [-0.2, -0.15) is 5.10 Å². The summed E-state index contributed by atoms with van der Waals surface area (Å²) < 4.78 is 12.4. The zero-order valence-corrected chi connectivity index (χ0v) is 19.2. The maximum atomic E-state index is 12.9. The fourth-order valence-electron chi connectivity index (χ4n) is 4.30. The number of carbonyl (C=O) groups is 2. The first kappa shape index (κ1) is 22.7. The zero-order chi connectivity index (χ0) is 23.4. The second-order valence-corrected chi connectivity index (χ2v) is 8.27. The molecule has 33 heavy (non-hydrogen) atoms. The Morgan fingerprint density at radius 1 is 1.18 bits per heavy atom. The number of benzene rings is 1. The number of aromatic nitrogens is 3. The van der Waals surface area contributed by atoms with E-state index in [-0.39, 0.29) is 17.9 Å². The summed E-state index contributed by atoms with van der Waals surface area (Å²) in [4.78, 5) is 27.5. The van der Waals surface area contributed by atoms with Crippen LogP contribution in [0.3, 0.4) is 0 Å². The number of piperidine rings is 1. The number of amides is 2. The molecule has 1 saturated heterocycles. The van der Waals surface area contributed by atoms with Gasteiger partial charge in [0.05, 0.1) is 24.4 Å². The van der Waals surface area contributed by atoms with Gasteiger partial charge in [-0.1, -0.05) is 35.5 Å². The van der Waals surface area contributed by atoms with Crippen molar-refractivity contribution in [1.29, 1.82) is 0 Å². The van der Waals surface area contributed by atoms with Crippen molar-refractivity contribution in [2.24, 2.45) is 0 Å². The van der Waals surface area contributed by atoms with E-state index in [9.17, 15) is 9.59 Å². The molecule has 1 atom stereocenters. The van der Waals surface area contributed by atoms with Crippen molar-refractivity contribution in [3.05, 3.63) is 65.2 Å². The number of hydrogen-bond acceptors (Lipinski definition) is 6. The molecule has 0 aliphatic carbocycles. The molecule has 2 amide bonds. The molecule has 0 radical (unpaired) electrons. The number of nitrogens with one attached hydrogen (secondary N) is 1. The Labute approximate surface area is 192 Å². The number of rotatable bonds is 7. The fourth-order valence-corrected chi connectivity index (χ4v) is 4.30. The monoisotopic (exact) mass is 451 g/mol. The molecule has 1 fully saturated rings. The standard InChI is InChI=1S/C24H29N5O4/c1-16-20(17(2)33-27-16)15-22(30)28-13-10-19(11-14-28)29-21(9-12-25-29)26-24(31)23(32-3)18-7-5-4-6-8-18/h4-9,12,19,23H,10-11,13-15H2,1-3H3,(H,26,31)/t23-/m0/s1. The van der Waals surface area contributed by atoms with Crippen molar-refractivity contribution >= 4 is 17.6 Å². The largest absolute Gasteiger partial charge is 0.367 e. The van der Waals surface area contributed by atoms with E-state index in [4.69, 9.17) is 9.26 Å². The number of hydrogen-bond donors (Lipinski definition) is 1. The minimum absolute atomic E-state index is 0.0719. The van der Waals surface area contributed by atoms with E-state index in [1.54, 1.807) is 12.3 Å². The molecule has 3 aromatic rings. The summed E-state index contributed by atoms with van der Waals surface area (Å²) >= 11 is 0. The minimum atomic E-state index is -0.710. The first-order valence-corrected chi connectivity index (χ1v) is 11.1. The van der Waals surface area contributed by atoms with E-state index in [2.05, 4.69) is 15.6 Å². The Bertz CT molecular complexity index is 1080. The van der Waals surface area contributed by atoms with Gasteiger partial charge in [0.2, 0.25) is 5.91 Å². The summed E-state index contributed by atoms with van der Waals surface area (Å²) in [5.41, 5.74) is 2.41. The normalized spacial score (nSPS) is 15.4. The van der Waals surface area contributed by atoms with Crippen LogP contribution in [-0.2, 0) is 20.7 Å². The van der Waals surface area contributed by atoms with Gasteiger partial charge in [0.15, 0.2) is 6.10 Å². The molecular formula is C24H29N5O4. The second kappa shape index (κ2) is 9.99. The summed E-state index contributed by atoms with van der Waals surface area (Å²) in [7, 11) is 1.52. The van der Waals surface area contributed by atoms with Crippen molar-refractivity contribution in [2.75, 3.05) is 25.5 Å². The number of anilines is 1. The summed E-state index contributed by atoms with van der Waals surface area (Å²) in [5, 5.41) is 11.3. The van der Waals surface area contributed by atoms with Crippen molar-refractivity contribution in [1.82, 2.24) is 19.8 Å². The molecule has 9 nitrogen and oxygen atoms in total. The molecule has 3 heterocycles. The van der Waals surface area contributed by atoms with Gasteiger partial charge in [-0.05, 0) is 32.3 Å². The lowest BCUT2D eigenvalue weighted by molar-refractivity contribution is -0.131. The van der Waals surface area contributed by atoms with Crippen LogP contribution >= 0.6 is 0 Å². The predicted molar refractivity (Wildman–Crippen MR) is 122 cm³/mol. The SMILES string of the molecule is CO[C@H](C(=O)Nc1ccnn1C1CCN(C(=O)Cc2c(C)noc2C)CC1)c1ccccc1. The molecule has 0 saturated carbocycles. The number of likely N-dealkylation sites (tertiary alicyclic amines) is 1. The van der Waals surface area contributed by atoms with Gasteiger partial charge >= 0.3 is 0 Å². The van der Waals surface area contributed by atoms with E-state index in [0.29, 0.717) is 31.1 Å². The van der Waals surface area contributed by atoms with Crippen molar-refractivity contribution in [2.45, 2.75) is 45.3 Å².